The molecule has 1 aromatic heterocycles. The largest absolute Gasteiger partial charge is 0.508 e. The number of rotatable bonds is 6. The van der Waals surface area contributed by atoms with Gasteiger partial charge in [-0.15, -0.1) is 0 Å². The van der Waals surface area contributed by atoms with Gasteiger partial charge in [0, 0.05) is 25.2 Å². The van der Waals surface area contributed by atoms with Gasteiger partial charge in [0.15, 0.2) is 5.82 Å². The van der Waals surface area contributed by atoms with E-state index in [1.807, 2.05) is 16.6 Å². The lowest BCUT2D eigenvalue weighted by molar-refractivity contribution is 0.0174. The van der Waals surface area contributed by atoms with Crippen LogP contribution in [0, 0.1) is 5.92 Å². The zero-order valence-electron chi connectivity index (χ0n) is 20.5. The number of fused-ring (bicyclic) bond motifs is 3. The number of phenols is 1. The Morgan fingerprint density at radius 3 is 2.42 bits per heavy atom. The van der Waals surface area contributed by atoms with Crippen molar-refractivity contribution >= 4 is 40.5 Å². The number of nitrogens with zero attached hydrogens (tertiary/aromatic N) is 5. The standard InChI is InChI=1S/C26H28F2N6OS/c1-15(2)20-14-33-23-21(24(36)32(4)25(33)30-20)22(29-18-9-11-19(35)12-10-18)34(31-23)13-16-5-7-17(8-6-16)26(3,27)28/h5-12,15,20,29,35H,13-14H2,1-4H3/t20-/m0/s1. The fourth-order valence-corrected chi connectivity index (χ4v) is 4.70. The smallest absolute Gasteiger partial charge is 0.270 e. The molecule has 0 bridgehead atoms. The van der Waals surface area contributed by atoms with Gasteiger partial charge >= 0.3 is 0 Å². The molecule has 0 aliphatic carbocycles. The summed E-state index contributed by atoms with van der Waals surface area (Å²) < 4.78 is 29.2. The summed E-state index contributed by atoms with van der Waals surface area (Å²) in [5.74, 6) is -0.189. The molecule has 0 amide bonds. The SMILES string of the molecule is CC(C)[C@@H]1CN2C(=N1)N(C)C(=S)c1c2nn(Cc2ccc(C(C)(F)F)cc2)c1Nc1ccc(O)cc1. The zero-order chi connectivity index (χ0) is 25.8. The van der Waals surface area contributed by atoms with Crippen LogP contribution in [0.15, 0.2) is 53.5 Å². The first kappa shape index (κ1) is 24.2. The molecule has 188 valence electrons. The van der Waals surface area contributed by atoms with E-state index in [-0.39, 0.29) is 17.4 Å². The monoisotopic (exact) mass is 510 g/mol. The Hall–Kier alpha value is -3.53. The molecule has 0 unspecified atom stereocenters. The highest BCUT2D eigenvalue weighted by atomic mass is 32.1. The second-order valence-electron chi connectivity index (χ2n) is 9.68. The van der Waals surface area contributed by atoms with Crippen molar-refractivity contribution < 1.29 is 13.9 Å². The summed E-state index contributed by atoms with van der Waals surface area (Å²) in [6, 6.07) is 13.1. The molecule has 36 heavy (non-hydrogen) atoms. The van der Waals surface area contributed by atoms with E-state index < -0.39 is 5.92 Å². The van der Waals surface area contributed by atoms with E-state index in [0.29, 0.717) is 29.8 Å². The van der Waals surface area contributed by atoms with Gasteiger partial charge in [0.05, 0.1) is 24.7 Å². The molecular weight excluding hydrogens is 482 g/mol. The maximum atomic E-state index is 13.7. The molecule has 0 fully saturated rings. The Labute approximate surface area is 214 Å². The average Bonchev–Trinajstić information content (AvgIpc) is 3.42. The Morgan fingerprint density at radius 1 is 1.14 bits per heavy atom. The van der Waals surface area contributed by atoms with Crippen LogP contribution in [0.3, 0.4) is 0 Å². The first-order valence-corrected chi connectivity index (χ1v) is 12.2. The number of alkyl halides is 2. The number of guanidine groups is 1. The van der Waals surface area contributed by atoms with Gasteiger partial charge in [0.2, 0.25) is 5.96 Å². The van der Waals surface area contributed by atoms with Crippen LogP contribution in [0.25, 0.3) is 0 Å². The summed E-state index contributed by atoms with van der Waals surface area (Å²) in [5.41, 5.74) is 2.32. The summed E-state index contributed by atoms with van der Waals surface area (Å²) >= 11 is 5.87. The lowest BCUT2D eigenvalue weighted by atomic mass is 10.1. The minimum absolute atomic E-state index is 0.0334. The van der Waals surface area contributed by atoms with Crippen molar-refractivity contribution in [1.82, 2.24) is 14.7 Å². The van der Waals surface area contributed by atoms with Gasteiger partial charge in [-0.05, 0) is 35.7 Å². The van der Waals surface area contributed by atoms with E-state index in [1.54, 1.807) is 36.4 Å². The number of hydrogen-bond donors (Lipinski definition) is 2. The predicted octanol–water partition coefficient (Wildman–Crippen LogP) is 5.31. The highest BCUT2D eigenvalue weighted by Crippen LogP contribution is 2.38. The first-order valence-electron chi connectivity index (χ1n) is 11.8. The molecule has 2 aliphatic heterocycles. The van der Waals surface area contributed by atoms with E-state index in [1.165, 1.54) is 12.1 Å². The third-order valence-electron chi connectivity index (χ3n) is 6.59. The number of hydrogen-bond acceptors (Lipinski definition) is 6. The Bertz CT molecular complexity index is 1330. The van der Waals surface area contributed by atoms with Crippen molar-refractivity contribution in [1.29, 1.82) is 0 Å². The molecule has 0 saturated heterocycles. The number of halogens is 2. The third-order valence-corrected chi connectivity index (χ3v) is 7.07. The Balaban J connectivity index is 1.58. The van der Waals surface area contributed by atoms with Crippen LogP contribution < -0.4 is 10.2 Å². The summed E-state index contributed by atoms with van der Waals surface area (Å²) in [6.45, 7) is 6.23. The molecule has 10 heteroatoms. The fourth-order valence-electron chi connectivity index (χ4n) is 4.43. The quantitative estimate of drug-likeness (QED) is 0.346. The zero-order valence-corrected chi connectivity index (χ0v) is 21.4. The van der Waals surface area contributed by atoms with Crippen LogP contribution >= 0.6 is 12.2 Å². The van der Waals surface area contributed by atoms with Crippen LogP contribution in [0.5, 0.6) is 5.75 Å². The van der Waals surface area contributed by atoms with Crippen LogP contribution in [0.1, 0.15) is 37.5 Å². The van der Waals surface area contributed by atoms with Gasteiger partial charge < -0.3 is 15.3 Å². The van der Waals surface area contributed by atoms with E-state index in [4.69, 9.17) is 22.3 Å². The number of benzene rings is 2. The van der Waals surface area contributed by atoms with Crippen LogP contribution in [-0.2, 0) is 12.5 Å². The Kier molecular flexibility index (Phi) is 5.94. The van der Waals surface area contributed by atoms with Gasteiger partial charge in [-0.1, -0.05) is 50.3 Å². The van der Waals surface area contributed by atoms with Crippen molar-refractivity contribution in [2.24, 2.45) is 10.9 Å². The summed E-state index contributed by atoms with van der Waals surface area (Å²) in [7, 11) is 1.91. The second kappa shape index (κ2) is 8.85. The topological polar surface area (TPSA) is 68.9 Å². The van der Waals surface area contributed by atoms with Crippen molar-refractivity contribution in [2.75, 3.05) is 23.8 Å². The van der Waals surface area contributed by atoms with Gasteiger partial charge in [-0.3, -0.25) is 4.90 Å². The number of nitrogens with one attached hydrogen (secondary N) is 1. The molecule has 2 aromatic carbocycles. The van der Waals surface area contributed by atoms with Gasteiger partial charge in [0.25, 0.3) is 5.92 Å². The Morgan fingerprint density at radius 2 is 1.81 bits per heavy atom. The summed E-state index contributed by atoms with van der Waals surface area (Å²) in [5, 5.41) is 18.1. The van der Waals surface area contributed by atoms with Crippen molar-refractivity contribution in [3.8, 4) is 5.75 Å². The lowest BCUT2D eigenvalue weighted by Gasteiger charge is -2.32. The minimum Gasteiger partial charge on any atom is -0.508 e. The molecule has 0 radical (unpaired) electrons. The van der Waals surface area contributed by atoms with E-state index >= 15 is 0 Å². The van der Waals surface area contributed by atoms with Gasteiger partial charge in [-0.25, -0.2) is 18.5 Å². The molecule has 3 aromatic rings. The second-order valence-corrected chi connectivity index (χ2v) is 10.1. The number of aromatic nitrogens is 2. The van der Waals surface area contributed by atoms with Crippen LogP contribution in [0.4, 0.5) is 26.1 Å². The highest BCUT2D eigenvalue weighted by molar-refractivity contribution is 7.80. The molecule has 1 atom stereocenters. The number of aromatic hydroxyl groups is 1. The van der Waals surface area contributed by atoms with Crippen molar-refractivity contribution in [3.63, 3.8) is 0 Å². The van der Waals surface area contributed by atoms with Crippen LogP contribution in [0.2, 0.25) is 0 Å². The predicted molar refractivity (Wildman–Crippen MR) is 142 cm³/mol. The molecule has 0 spiro atoms. The van der Waals surface area contributed by atoms with E-state index in [9.17, 15) is 13.9 Å². The van der Waals surface area contributed by atoms with Gasteiger partial charge in [0.1, 0.15) is 16.6 Å². The van der Waals surface area contributed by atoms with E-state index in [2.05, 4.69) is 24.1 Å². The highest BCUT2D eigenvalue weighted by Gasteiger charge is 2.41. The third kappa shape index (κ3) is 4.30. The number of thiocarbonyl (C=S) groups is 1. The first-order chi connectivity index (χ1) is 17.0. The number of aliphatic imine (C=N–C) groups is 1. The minimum atomic E-state index is -2.90. The molecular formula is C26H28F2N6OS. The molecule has 2 N–H and O–H groups in total. The van der Waals surface area contributed by atoms with Crippen LogP contribution in [-0.4, -0.2) is 50.4 Å². The summed E-state index contributed by atoms with van der Waals surface area (Å²) in [6.07, 6.45) is 0. The maximum absolute atomic E-state index is 13.7. The van der Waals surface area contributed by atoms with Crippen molar-refractivity contribution in [3.05, 3.63) is 65.2 Å². The molecule has 0 saturated carbocycles. The molecule has 3 heterocycles. The summed E-state index contributed by atoms with van der Waals surface area (Å²) in [4.78, 5) is 9.50. The molecule has 7 nitrogen and oxygen atoms in total. The fraction of sp³-hybridized carbons (Fsp3) is 0.346. The maximum Gasteiger partial charge on any atom is 0.270 e. The molecule has 5 rings (SSSR count). The normalized spacial score (nSPS) is 17.4. The average molecular weight is 511 g/mol. The number of phenolic OH excluding ortho intramolecular Hbond substituents is 1. The van der Waals surface area contributed by atoms with E-state index in [0.717, 1.165) is 35.5 Å². The molecule has 2 aliphatic rings. The number of anilines is 3. The van der Waals surface area contributed by atoms with Gasteiger partial charge in [-0.2, -0.15) is 5.10 Å². The lowest BCUT2D eigenvalue weighted by Crippen LogP contribution is -2.47. The van der Waals surface area contributed by atoms with Crippen molar-refractivity contribution in [2.45, 2.75) is 39.3 Å².